The van der Waals surface area contributed by atoms with Crippen LogP contribution in [0.3, 0.4) is 0 Å². The summed E-state index contributed by atoms with van der Waals surface area (Å²) in [4.78, 5) is 0. The molecule has 2 nitrogen and oxygen atoms in total. The van der Waals surface area contributed by atoms with Crippen molar-refractivity contribution in [2.45, 2.75) is 12.5 Å². The molecule has 1 heterocycles. The topological polar surface area (TPSA) is 29.5 Å². The first-order valence-corrected chi connectivity index (χ1v) is 7.68. The van der Waals surface area contributed by atoms with E-state index in [2.05, 4.69) is 22.6 Å². The van der Waals surface area contributed by atoms with Crippen molar-refractivity contribution in [1.29, 1.82) is 0 Å². The van der Waals surface area contributed by atoms with Crippen LogP contribution in [0, 0.1) is 2.88 Å². The van der Waals surface area contributed by atoms with Crippen LogP contribution >= 0.6 is 45.5 Å². The number of benzene rings is 1. The number of aliphatic hydroxyl groups excluding tert-OH is 1. The first-order valence-electron chi connectivity index (χ1n) is 5.34. The summed E-state index contributed by atoms with van der Waals surface area (Å²) in [6, 6.07) is 7.43. The van der Waals surface area contributed by atoms with Crippen molar-refractivity contribution >= 4 is 45.5 Å². The Kier molecular flexibility index (Phi) is 4.89. The van der Waals surface area contributed by atoms with E-state index < -0.39 is 6.10 Å². The van der Waals surface area contributed by atoms with E-state index in [1.807, 2.05) is 23.6 Å². The molecule has 1 aromatic carbocycles. The normalized spacial score (nSPS) is 12.4. The van der Waals surface area contributed by atoms with Crippen molar-refractivity contribution in [2.75, 3.05) is 7.11 Å². The van der Waals surface area contributed by atoms with Gasteiger partial charge in [-0.15, -0.1) is 11.3 Å². The standard InChI is InChI=1S/C13H12ClIO2S/c1-17-12-3-2-10(14)4-8(12)5-11(16)9-6-13(15)18-7-9/h2-4,6-7,11,16H,5H2,1H3. The van der Waals surface area contributed by atoms with Gasteiger partial charge in [0.05, 0.1) is 16.1 Å². The third-order valence-electron chi connectivity index (χ3n) is 2.63. The fraction of sp³-hybridized carbons (Fsp3) is 0.231. The predicted molar refractivity (Wildman–Crippen MR) is 83.7 cm³/mol. The summed E-state index contributed by atoms with van der Waals surface area (Å²) in [5.74, 6) is 0.753. The molecule has 2 aromatic rings. The molecule has 1 aromatic heterocycles. The lowest BCUT2D eigenvalue weighted by Crippen LogP contribution is -2.02. The summed E-state index contributed by atoms with van der Waals surface area (Å²) in [7, 11) is 1.62. The van der Waals surface area contributed by atoms with E-state index in [1.54, 1.807) is 24.5 Å². The highest BCUT2D eigenvalue weighted by molar-refractivity contribution is 14.1. The average molecular weight is 395 g/mol. The average Bonchev–Trinajstić information content (AvgIpc) is 2.76. The molecule has 0 bridgehead atoms. The van der Waals surface area contributed by atoms with E-state index in [0.717, 1.165) is 16.9 Å². The summed E-state index contributed by atoms with van der Waals surface area (Å²) in [5.41, 5.74) is 1.85. The highest BCUT2D eigenvalue weighted by atomic mass is 127. The molecule has 5 heteroatoms. The Hall–Kier alpha value is -0.300. The molecule has 1 N–H and O–H groups in total. The Morgan fingerprint density at radius 3 is 2.83 bits per heavy atom. The Labute approximate surface area is 129 Å². The second kappa shape index (κ2) is 6.23. The minimum atomic E-state index is -0.530. The van der Waals surface area contributed by atoms with Gasteiger partial charge in [-0.05, 0) is 63.4 Å². The van der Waals surface area contributed by atoms with Crippen molar-refractivity contribution in [3.8, 4) is 5.75 Å². The van der Waals surface area contributed by atoms with Gasteiger partial charge in [0.2, 0.25) is 0 Å². The van der Waals surface area contributed by atoms with Crippen LogP contribution in [0.15, 0.2) is 29.6 Å². The van der Waals surface area contributed by atoms with Gasteiger partial charge in [-0.2, -0.15) is 0 Å². The number of halogens is 2. The molecule has 18 heavy (non-hydrogen) atoms. The smallest absolute Gasteiger partial charge is 0.122 e. The molecule has 0 aliphatic rings. The predicted octanol–water partition coefficient (Wildman–Crippen LogP) is 4.29. The van der Waals surface area contributed by atoms with E-state index in [4.69, 9.17) is 16.3 Å². The van der Waals surface area contributed by atoms with Crippen LogP contribution in [0.5, 0.6) is 5.75 Å². The van der Waals surface area contributed by atoms with Crippen molar-refractivity contribution in [3.05, 3.63) is 48.7 Å². The van der Waals surface area contributed by atoms with Crippen LogP contribution in [-0.2, 0) is 6.42 Å². The Balaban J connectivity index is 2.20. The molecule has 0 aliphatic carbocycles. The molecule has 0 amide bonds. The minimum absolute atomic E-state index is 0.497. The van der Waals surface area contributed by atoms with Gasteiger partial charge in [0.1, 0.15) is 5.75 Å². The van der Waals surface area contributed by atoms with Gasteiger partial charge >= 0.3 is 0 Å². The lowest BCUT2D eigenvalue weighted by Gasteiger charge is -2.12. The van der Waals surface area contributed by atoms with Crippen molar-refractivity contribution in [3.63, 3.8) is 0 Å². The summed E-state index contributed by atoms with van der Waals surface area (Å²) < 4.78 is 6.44. The zero-order valence-electron chi connectivity index (χ0n) is 9.69. The number of thiophene rings is 1. The number of hydrogen-bond acceptors (Lipinski definition) is 3. The monoisotopic (exact) mass is 394 g/mol. The third kappa shape index (κ3) is 3.38. The SMILES string of the molecule is COc1ccc(Cl)cc1CC(O)c1csc(I)c1. The van der Waals surface area contributed by atoms with Gasteiger partial charge in [0.15, 0.2) is 0 Å². The third-order valence-corrected chi connectivity index (χ3v) is 4.67. The highest BCUT2D eigenvalue weighted by Crippen LogP contribution is 2.29. The van der Waals surface area contributed by atoms with Gasteiger partial charge in [0, 0.05) is 11.4 Å². The summed E-state index contributed by atoms with van der Waals surface area (Å²) in [6.45, 7) is 0. The molecule has 0 fully saturated rings. The first kappa shape index (κ1) is 14.1. The number of rotatable bonds is 4. The lowest BCUT2D eigenvalue weighted by molar-refractivity contribution is 0.177. The van der Waals surface area contributed by atoms with Gasteiger partial charge < -0.3 is 9.84 Å². The molecular formula is C13H12ClIO2S. The van der Waals surface area contributed by atoms with Gasteiger partial charge in [-0.25, -0.2) is 0 Å². The molecule has 0 saturated heterocycles. The fourth-order valence-corrected chi connectivity index (χ4v) is 3.34. The van der Waals surface area contributed by atoms with Gasteiger partial charge in [0.25, 0.3) is 0 Å². The molecule has 0 aliphatic heterocycles. The second-order valence-electron chi connectivity index (χ2n) is 3.86. The number of ether oxygens (including phenoxy) is 1. The number of aliphatic hydroxyl groups is 1. The Bertz CT molecular complexity index is 542. The van der Waals surface area contributed by atoms with Gasteiger partial charge in [-0.3, -0.25) is 0 Å². The Morgan fingerprint density at radius 2 is 2.22 bits per heavy atom. The van der Waals surface area contributed by atoms with Crippen LogP contribution in [-0.4, -0.2) is 12.2 Å². The molecular weight excluding hydrogens is 383 g/mol. The molecule has 1 unspecified atom stereocenters. The Morgan fingerprint density at radius 1 is 1.44 bits per heavy atom. The van der Waals surface area contributed by atoms with E-state index in [1.165, 1.54) is 2.88 Å². The van der Waals surface area contributed by atoms with Crippen LogP contribution in [0.2, 0.25) is 5.02 Å². The van der Waals surface area contributed by atoms with Crippen molar-refractivity contribution in [1.82, 2.24) is 0 Å². The first-order chi connectivity index (χ1) is 8.60. The summed E-state index contributed by atoms with van der Waals surface area (Å²) >= 11 is 9.84. The van der Waals surface area contributed by atoms with E-state index in [9.17, 15) is 5.11 Å². The molecule has 0 saturated carbocycles. The number of hydrogen-bond donors (Lipinski definition) is 1. The largest absolute Gasteiger partial charge is 0.496 e. The van der Waals surface area contributed by atoms with E-state index in [0.29, 0.717) is 11.4 Å². The van der Waals surface area contributed by atoms with Crippen molar-refractivity contribution in [2.24, 2.45) is 0 Å². The highest BCUT2D eigenvalue weighted by Gasteiger charge is 2.13. The maximum Gasteiger partial charge on any atom is 0.122 e. The van der Waals surface area contributed by atoms with E-state index in [-0.39, 0.29) is 0 Å². The second-order valence-corrected chi connectivity index (χ2v) is 7.10. The maximum absolute atomic E-state index is 10.2. The molecule has 96 valence electrons. The molecule has 2 rings (SSSR count). The van der Waals surface area contributed by atoms with Crippen LogP contribution < -0.4 is 4.74 Å². The van der Waals surface area contributed by atoms with Crippen molar-refractivity contribution < 1.29 is 9.84 Å². The molecule has 1 atom stereocenters. The van der Waals surface area contributed by atoms with Crippen LogP contribution in [0.4, 0.5) is 0 Å². The quantitative estimate of drug-likeness (QED) is 0.784. The van der Waals surface area contributed by atoms with Gasteiger partial charge in [-0.1, -0.05) is 11.6 Å². The zero-order valence-corrected chi connectivity index (χ0v) is 13.4. The molecule has 0 radical (unpaired) electrons. The van der Waals surface area contributed by atoms with Crippen LogP contribution in [0.1, 0.15) is 17.2 Å². The number of methoxy groups -OCH3 is 1. The van der Waals surface area contributed by atoms with Crippen LogP contribution in [0.25, 0.3) is 0 Å². The summed E-state index contributed by atoms with van der Waals surface area (Å²) in [5, 5.41) is 12.8. The van der Waals surface area contributed by atoms with E-state index >= 15 is 0 Å². The lowest BCUT2D eigenvalue weighted by atomic mass is 10.0. The molecule has 0 spiro atoms. The zero-order chi connectivity index (χ0) is 13.1. The summed E-state index contributed by atoms with van der Waals surface area (Å²) in [6.07, 6.45) is -0.0339. The maximum atomic E-state index is 10.2. The fourth-order valence-electron chi connectivity index (χ4n) is 1.73. The minimum Gasteiger partial charge on any atom is -0.496 e.